The molecule has 13 heavy (non-hydrogen) atoms. The first-order valence-electron chi connectivity index (χ1n) is 4.92. The fourth-order valence-corrected chi connectivity index (χ4v) is 2.39. The number of aromatic amines is 1. The summed E-state index contributed by atoms with van der Waals surface area (Å²) in [6, 6.07) is 0. The molecule has 1 heterocycles. The van der Waals surface area contributed by atoms with Gasteiger partial charge in [0.1, 0.15) is 0 Å². The van der Waals surface area contributed by atoms with Crippen LogP contribution in [-0.4, -0.2) is 23.8 Å². The Morgan fingerprint density at radius 1 is 1.62 bits per heavy atom. The molecule has 0 saturated heterocycles. The molecule has 1 aliphatic rings. The zero-order chi connectivity index (χ0) is 9.42. The van der Waals surface area contributed by atoms with Crippen molar-refractivity contribution in [2.75, 3.05) is 13.6 Å². The normalized spacial score (nSPS) is 26.4. The number of nitrogens with one attached hydrogen (secondary N) is 2. The molecule has 2 N–H and O–H groups in total. The van der Waals surface area contributed by atoms with Gasteiger partial charge in [0.05, 0.1) is 5.69 Å². The van der Waals surface area contributed by atoms with E-state index in [0.29, 0.717) is 5.92 Å². The van der Waals surface area contributed by atoms with E-state index in [4.69, 9.17) is 0 Å². The van der Waals surface area contributed by atoms with Crippen molar-refractivity contribution >= 4 is 0 Å². The van der Waals surface area contributed by atoms with Crippen molar-refractivity contribution in [1.29, 1.82) is 0 Å². The summed E-state index contributed by atoms with van der Waals surface area (Å²) in [5.74, 6) is 1.39. The molecule has 72 valence electrons. The maximum atomic E-state index is 4.33. The molecule has 1 aliphatic carbocycles. The van der Waals surface area contributed by atoms with E-state index in [-0.39, 0.29) is 0 Å². The molecule has 1 aromatic rings. The Bertz CT molecular complexity index is 303. The number of aryl methyl sites for hydroxylation is 1. The Morgan fingerprint density at radius 2 is 2.38 bits per heavy atom. The van der Waals surface area contributed by atoms with Crippen LogP contribution in [0.2, 0.25) is 0 Å². The molecule has 0 aliphatic heterocycles. The van der Waals surface area contributed by atoms with Crippen LogP contribution in [-0.2, 0) is 6.42 Å². The summed E-state index contributed by atoms with van der Waals surface area (Å²) >= 11 is 0. The molecule has 0 amide bonds. The molecule has 2 unspecified atom stereocenters. The van der Waals surface area contributed by atoms with Gasteiger partial charge in [-0.1, -0.05) is 6.92 Å². The Balaban J connectivity index is 2.32. The fourth-order valence-electron chi connectivity index (χ4n) is 2.39. The lowest BCUT2D eigenvalue weighted by Crippen LogP contribution is -2.20. The minimum absolute atomic E-state index is 0.652. The first-order chi connectivity index (χ1) is 6.24. The largest absolute Gasteiger partial charge is 0.319 e. The molecule has 3 nitrogen and oxygen atoms in total. The van der Waals surface area contributed by atoms with Gasteiger partial charge in [-0.3, -0.25) is 5.10 Å². The van der Waals surface area contributed by atoms with Crippen LogP contribution in [0.3, 0.4) is 0 Å². The van der Waals surface area contributed by atoms with Gasteiger partial charge in [-0.05, 0) is 26.3 Å². The van der Waals surface area contributed by atoms with Gasteiger partial charge in [-0.2, -0.15) is 5.10 Å². The van der Waals surface area contributed by atoms with Crippen LogP contribution >= 0.6 is 0 Å². The van der Waals surface area contributed by atoms with Gasteiger partial charge in [0.25, 0.3) is 0 Å². The number of likely N-dealkylation sites (N-methyl/N-ethyl adjacent to an activating group) is 1. The first kappa shape index (κ1) is 8.75. The second kappa shape index (κ2) is 3.14. The van der Waals surface area contributed by atoms with Crippen molar-refractivity contribution in [3.05, 3.63) is 17.0 Å². The third kappa shape index (κ3) is 1.27. The Kier molecular flexibility index (Phi) is 2.12. The summed E-state index contributed by atoms with van der Waals surface area (Å²) in [6.45, 7) is 5.49. The highest BCUT2D eigenvalue weighted by Crippen LogP contribution is 2.37. The quantitative estimate of drug-likeness (QED) is 0.716. The smallest absolute Gasteiger partial charge is 0.0663 e. The standard InChI is InChI=1S/C10H17N3/c1-6-4-9-10(7(2)12-13-9)8(6)5-11-3/h6,8,11H,4-5H2,1-3H3,(H,12,13). The maximum Gasteiger partial charge on any atom is 0.0663 e. The van der Waals surface area contributed by atoms with E-state index in [1.807, 2.05) is 7.05 Å². The Hall–Kier alpha value is -0.830. The van der Waals surface area contributed by atoms with Crippen LogP contribution in [0, 0.1) is 12.8 Å². The molecule has 0 aromatic carbocycles. The third-order valence-electron chi connectivity index (χ3n) is 3.07. The molecule has 0 saturated carbocycles. The number of fused-ring (bicyclic) bond motifs is 1. The summed E-state index contributed by atoms with van der Waals surface area (Å²) in [6.07, 6.45) is 1.13. The van der Waals surface area contributed by atoms with Gasteiger partial charge >= 0.3 is 0 Å². The second-order valence-electron chi connectivity index (χ2n) is 4.05. The summed E-state index contributed by atoms with van der Waals surface area (Å²) in [7, 11) is 2.01. The van der Waals surface area contributed by atoms with Crippen LogP contribution < -0.4 is 5.32 Å². The van der Waals surface area contributed by atoms with Gasteiger partial charge < -0.3 is 5.32 Å². The summed E-state index contributed by atoms with van der Waals surface area (Å²) in [4.78, 5) is 0. The Labute approximate surface area is 78.9 Å². The summed E-state index contributed by atoms with van der Waals surface area (Å²) < 4.78 is 0. The number of nitrogens with zero attached hydrogens (tertiary/aromatic N) is 1. The predicted molar refractivity (Wildman–Crippen MR) is 52.9 cm³/mol. The average molecular weight is 179 g/mol. The van der Waals surface area contributed by atoms with Crippen molar-refractivity contribution < 1.29 is 0 Å². The van der Waals surface area contributed by atoms with Crippen LogP contribution in [0.4, 0.5) is 0 Å². The minimum Gasteiger partial charge on any atom is -0.319 e. The van der Waals surface area contributed by atoms with E-state index in [0.717, 1.165) is 18.9 Å². The molecule has 0 bridgehead atoms. The van der Waals surface area contributed by atoms with Gasteiger partial charge in [-0.25, -0.2) is 0 Å². The van der Waals surface area contributed by atoms with Crippen LogP contribution in [0.5, 0.6) is 0 Å². The highest BCUT2D eigenvalue weighted by Gasteiger charge is 2.32. The first-order valence-corrected chi connectivity index (χ1v) is 4.92. The molecule has 0 radical (unpaired) electrons. The van der Waals surface area contributed by atoms with Crippen LogP contribution in [0.1, 0.15) is 29.8 Å². The van der Waals surface area contributed by atoms with E-state index in [1.54, 1.807) is 0 Å². The number of rotatable bonds is 2. The molecule has 2 rings (SSSR count). The summed E-state index contributed by atoms with van der Waals surface area (Å²) in [5, 5.41) is 10.7. The monoisotopic (exact) mass is 179 g/mol. The molecule has 0 fully saturated rings. The average Bonchev–Trinajstić information content (AvgIpc) is 2.57. The van der Waals surface area contributed by atoms with E-state index in [9.17, 15) is 0 Å². The van der Waals surface area contributed by atoms with E-state index in [2.05, 4.69) is 29.4 Å². The predicted octanol–water partition coefficient (Wildman–Crippen LogP) is 1.21. The zero-order valence-electron chi connectivity index (χ0n) is 8.52. The van der Waals surface area contributed by atoms with Crippen LogP contribution in [0.25, 0.3) is 0 Å². The number of hydrogen-bond donors (Lipinski definition) is 2. The second-order valence-corrected chi connectivity index (χ2v) is 4.05. The van der Waals surface area contributed by atoms with Crippen molar-refractivity contribution in [2.24, 2.45) is 5.92 Å². The van der Waals surface area contributed by atoms with Crippen molar-refractivity contribution in [3.63, 3.8) is 0 Å². The molecule has 0 spiro atoms. The molecular formula is C10H17N3. The number of aromatic nitrogens is 2. The fraction of sp³-hybridized carbons (Fsp3) is 0.700. The lowest BCUT2D eigenvalue weighted by Gasteiger charge is -2.15. The molecule has 2 atom stereocenters. The summed E-state index contributed by atoms with van der Waals surface area (Å²) in [5.41, 5.74) is 3.99. The lowest BCUT2D eigenvalue weighted by molar-refractivity contribution is 0.474. The van der Waals surface area contributed by atoms with Crippen LogP contribution in [0.15, 0.2) is 0 Å². The number of hydrogen-bond acceptors (Lipinski definition) is 2. The van der Waals surface area contributed by atoms with Crippen molar-refractivity contribution in [1.82, 2.24) is 15.5 Å². The molecule has 3 heteroatoms. The van der Waals surface area contributed by atoms with E-state index >= 15 is 0 Å². The van der Waals surface area contributed by atoms with E-state index < -0.39 is 0 Å². The van der Waals surface area contributed by atoms with Gasteiger partial charge in [0.2, 0.25) is 0 Å². The molecule has 1 aromatic heterocycles. The highest BCUT2D eigenvalue weighted by molar-refractivity contribution is 5.34. The maximum absolute atomic E-state index is 4.33. The van der Waals surface area contributed by atoms with Gasteiger partial charge in [0.15, 0.2) is 0 Å². The van der Waals surface area contributed by atoms with Gasteiger partial charge in [-0.15, -0.1) is 0 Å². The minimum atomic E-state index is 0.652. The number of H-pyrrole nitrogens is 1. The molecular weight excluding hydrogens is 162 g/mol. The highest BCUT2D eigenvalue weighted by atomic mass is 15.1. The lowest BCUT2D eigenvalue weighted by atomic mass is 9.93. The zero-order valence-corrected chi connectivity index (χ0v) is 8.52. The van der Waals surface area contributed by atoms with Crippen molar-refractivity contribution in [2.45, 2.75) is 26.2 Å². The van der Waals surface area contributed by atoms with Crippen molar-refractivity contribution in [3.8, 4) is 0 Å². The SMILES string of the molecule is CNCC1c2c(n[nH]c2C)CC1C. The van der Waals surface area contributed by atoms with E-state index in [1.165, 1.54) is 17.0 Å². The topological polar surface area (TPSA) is 40.7 Å². The Morgan fingerprint density at radius 3 is 3.08 bits per heavy atom. The third-order valence-corrected chi connectivity index (χ3v) is 3.07. The van der Waals surface area contributed by atoms with Gasteiger partial charge in [0, 0.05) is 23.7 Å².